The summed E-state index contributed by atoms with van der Waals surface area (Å²) in [7, 11) is 1.74. The highest BCUT2D eigenvalue weighted by Gasteiger charge is 2.40. The normalized spacial score (nSPS) is 17.9. The average molecular weight is 283 g/mol. The highest BCUT2D eigenvalue weighted by atomic mass is 16.2. The lowest BCUT2D eigenvalue weighted by molar-refractivity contribution is -0.145. The predicted octanol–water partition coefficient (Wildman–Crippen LogP) is 1.14. The molecule has 0 bridgehead atoms. The monoisotopic (exact) mass is 283 g/mol. The van der Waals surface area contributed by atoms with Crippen LogP contribution < -0.4 is 10.6 Å². The van der Waals surface area contributed by atoms with Gasteiger partial charge >= 0.3 is 0 Å². The van der Waals surface area contributed by atoms with Crippen LogP contribution >= 0.6 is 0 Å². The summed E-state index contributed by atoms with van der Waals surface area (Å²) in [5.74, 6) is 0.0381. The maximum Gasteiger partial charge on any atom is 0.239 e. The van der Waals surface area contributed by atoms with Crippen LogP contribution in [0.1, 0.15) is 46.5 Å². The molecular weight excluding hydrogens is 254 g/mol. The second-order valence-electron chi connectivity index (χ2n) is 6.16. The molecule has 116 valence electrons. The molecular formula is C15H29N3O2. The zero-order chi connectivity index (χ0) is 15.2. The molecule has 20 heavy (non-hydrogen) atoms. The van der Waals surface area contributed by atoms with E-state index in [9.17, 15) is 9.59 Å². The van der Waals surface area contributed by atoms with E-state index >= 15 is 0 Å². The third-order valence-electron chi connectivity index (χ3n) is 3.92. The number of hydrogen-bond acceptors (Lipinski definition) is 3. The van der Waals surface area contributed by atoms with Crippen molar-refractivity contribution in [3.05, 3.63) is 0 Å². The summed E-state index contributed by atoms with van der Waals surface area (Å²) in [6, 6.07) is 0.106. The summed E-state index contributed by atoms with van der Waals surface area (Å²) in [6.45, 7) is 7.88. The van der Waals surface area contributed by atoms with Gasteiger partial charge < -0.3 is 15.5 Å². The van der Waals surface area contributed by atoms with Crippen LogP contribution in [0.4, 0.5) is 0 Å². The summed E-state index contributed by atoms with van der Waals surface area (Å²) in [4.78, 5) is 26.1. The van der Waals surface area contributed by atoms with E-state index in [4.69, 9.17) is 0 Å². The summed E-state index contributed by atoms with van der Waals surface area (Å²) in [5, 5.41) is 6.14. The van der Waals surface area contributed by atoms with Crippen LogP contribution in [0.2, 0.25) is 0 Å². The first-order chi connectivity index (χ1) is 9.41. The first kappa shape index (κ1) is 17.0. The number of carbonyl (C=O) groups is 2. The minimum absolute atomic E-state index is 0.0866. The number of carbonyl (C=O) groups excluding carboxylic acids is 2. The third kappa shape index (κ3) is 4.47. The standard InChI is InChI=1S/C15H29N3O2/c1-5-6-15(7-9-16-10-8-15)14(20)18(4)11-13(19)17-12(2)3/h12,16H,5-11H2,1-4H3,(H,17,19). The van der Waals surface area contributed by atoms with Crippen molar-refractivity contribution < 1.29 is 9.59 Å². The van der Waals surface area contributed by atoms with Crippen LogP contribution in [0.25, 0.3) is 0 Å². The van der Waals surface area contributed by atoms with E-state index in [1.165, 1.54) is 0 Å². The molecule has 0 radical (unpaired) electrons. The molecule has 1 aliphatic rings. The van der Waals surface area contributed by atoms with E-state index in [2.05, 4.69) is 17.6 Å². The molecule has 0 unspecified atom stereocenters. The third-order valence-corrected chi connectivity index (χ3v) is 3.92. The zero-order valence-electron chi connectivity index (χ0n) is 13.3. The molecule has 1 fully saturated rings. The molecule has 1 rings (SSSR count). The fraction of sp³-hybridized carbons (Fsp3) is 0.867. The fourth-order valence-electron chi connectivity index (χ4n) is 3.01. The van der Waals surface area contributed by atoms with Gasteiger partial charge in [0.05, 0.1) is 12.0 Å². The Bertz CT molecular complexity index is 331. The topological polar surface area (TPSA) is 61.4 Å². The molecule has 5 heteroatoms. The molecule has 0 aliphatic carbocycles. The maximum absolute atomic E-state index is 12.7. The zero-order valence-corrected chi connectivity index (χ0v) is 13.3. The van der Waals surface area contributed by atoms with Crippen molar-refractivity contribution in [3.63, 3.8) is 0 Å². The molecule has 1 heterocycles. The van der Waals surface area contributed by atoms with E-state index in [-0.39, 0.29) is 29.8 Å². The lowest BCUT2D eigenvalue weighted by Crippen LogP contribution is -2.50. The molecule has 2 N–H and O–H groups in total. The predicted molar refractivity (Wildman–Crippen MR) is 80.4 cm³/mol. The number of rotatable bonds is 6. The Morgan fingerprint density at radius 1 is 1.30 bits per heavy atom. The van der Waals surface area contributed by atoms with Crippen LogP contribution in [0.5, 0.6) is 0 Å². The highest BCUT2D eigenvalue weighted by molar-refractivity contribution is 5.88. The van der Waals surface area contributed by atoms with Crippen molar-refractivity contribution in [1.29, 1.82) is 0 Å². The Kier molecular flexibility index (Phi) is 6.46. The number of nitrogens with zero attached hydrogens (tertiary/aromatic N) is 1. The quantitative estimate of drug-likeness (QED) is 0.768. The molecule has 1 saturated heterocycles. The van der Waals surface area contributed by atoms with E-state index < -0.39 is 0 Å². The smallest absolute Gasteiger partial charge is 0.239 e. The molecule has 0 spiro atoms. The minimum atomic E-state index is -0.271. The van der Waals surface area contributed by atoms with Gasteiger partial charge in [-0.1, -0.05) is 13.3 Å². The number of nitrogens with one attached hydrogen (secondary N) is 2. The van der Waals surface area contributed by atoms with Crippen LogP contribution in [0.15, 0.2) is 0 Å². The Hall–Kier alpha value is -1.10. The second kappa shape index (κ2) is 7.62. The van der Waals surface area contributed by atoms with Crippen LogP contribution in [0, 0.1) is 5.41 Å². The Morgan fingerprint density at radius 2 is 1.90 bits per heavy atom. The average Bonchev–Trinajstić information content (AvgIpc) is 2.38. The van der Waals surface area contributed by atoms with Crippen molar-refractivity contribution in [2.45, 2.75) is 52.5 Å². The van der Waals surface area contributed by atoms with Crippen molar-refractivity contribution in [2.24, 2.45) is 5.41 Å². The molecule has 0 aromatic carbocycles. The summed E-state index contributed by atoms with van der Waals surface area (Å²) < 4.78 is 0. The van der Waals surface area contributed by atoms with Gasteiger partial charge in [-0.05, 0) is 46.2 Å². The molecule has 2 amide bonds. The minimum Gasteiger partial charge on any atom is -0.352 e. The molecule has 5 nitrogen and oxygen atoms in total. The summed E-state index contributed by atoms with van der Waals surface area (Å²) in [5.41, 5.74) is -0.271. The molecule has 0 aromatic rings. The number of hydrogen-bond donors (Lipinski definition) is 2. The van der Waals surface area contributed by atoms with Crippen molar-refractivity contribution >= 4 is 11.8 Å². The SMILES string of the molecule is CCCC1(C(=O)N(C)CC(=O)NC(C)C)CCNCC1. The summed E-state index contributed by atoms with van der Waals surface area (Å²) >= 11 is 0. The van der Waals surface area contributed by atoms with Gasteiger partial charge in [0.2, 0.25) is 11.8 Å². The Morgan fingerprint density at radius 3 is 2.40 bits per heavy atom. The van der Waals surface area contributed by atoms with Crippen molar-refractivity contribution in [1.82, 2.24) is 15.5 Å². The number of likely N-dealkylation sites (N-methyl/N-ethyl adjacent to an activating group) is 1. The van der Waals surface area contributed by atoms with Crippen molar-refractivity contribution in [2.75, 3.05) is 26.7 Å². The van der Waals surface area contributed by atoms with Gasteiger partial charge in [-0.25, -0.2) is 0 Å². The number of piperidine rings is 1. The first-order valence-electron chi connectivity index (χ1n) is 7.67. The molecule has 1 aliphatic heterocycles. The number of amides is 2. The van der Waals surface area contributed by atoms with E-state index in [1.54, 1.807) is 11.9 Å². The van der Waals surface area contributed by atoms with Crippen molar-refractivity contribution in [3.8, 4) is 0 Å². The maximum atomic E-state index is 12.7. The van der Waals surface area contributed by atoms with E-state index in [0.717, 1.165) is 38.8 Å². The Labute approximate surface area is 122 Å². The van der Waals surface area contributed by atoms with E-state index in [0.29, 0.717) is 0 Å². The highest BCUT2D eigenvalue weighted by Crippen LogP contribution is 2.35. The fourth-order valence-corrected chi connectivity index (χ4v) is 3.01. The van der Waals surface area contributed by atoms with Gasteiger partial charge in [-0.2, -0.15) is 0 Å². The second-order valence-corrected chi connectivity index (χ2v) is 6.16. The van der Waals surface area contributed by atoms with Crippen LogP contribution in [-0.4, -0.2) is 49.4 Å². The largest absolute Gasteiger partial charge is 0.352 e. The molecule has 0 aromatic heterocycles. The van der Waals surface area contributed by atoms with Gasteiger partial charge in [0.15, 0.2) is 0 Å². The van der Waals surface area contributed by atoms with Crippen LogP contribution in [-0.2, 0) is 9.59 Å². The lowest BCUT2D eigenvalue weighted by Gasteiger charge is -2.38. The van der Waals surface area contributed by atoms with E-state index in [1.807, 2.05) is 13.8 Å². The van der Waals surface area contributed by atoms with Gasteiger partial charge in [-0.3, -0.25) is 9.59 Å². The van der Waals surface area contributed by atoms with Gasteiger partial charge in [-0.15, -0.1) is 0 Å². The van der Waals surface area contributed by atoms with Gasteiger partial charge in [0, 0.05) is 13.1 Å². The summed E-state index contributed by atoms with van der Waals surface area (Å²) in [6.07, 6.45) is 3.65. The van der Waals surface area contributed by atoms with Crippen LogP contribution in [0.3, 0.4) is 0 Å². The lowest BCUT2D eigenvalue weighted by atomic mass is 9.74. The molecule has 0 saturated carbocycles. The van der Waals surface area contributed by atoms with Gasteiger partial charge in [0.25, 0.3) is 0 Å². The molecule has 0 atom stereocenters. The Balaban J connectivity index is 2.66. The first-order valence-corrected chi connectivity index (χ1v) is 7.67. The van der Waals surface area contributed by atoms with Gasteiger partial charge in [0.1, 0.15) is 0 Å².